The van der Waals surface area contributed by atoms with Crippen LogP contribution < -0.4 is 10.6 Å². The summed E-state index contributed by atoms with van der Waals surface area (Å²) in [7, 11) is 0. The van der Waals surface area contributed by atoms with Crippen LogP contribution in [0.4, 0.5) is 0 Å². The van der Waals surface area contributed by atoms with Crippen molar-refractivity contribution in [2.45, 2.75) is 18.9 Å². The van der Waals surface area contributed by atoms with Crippen molar-refractivity contribution in [2.75, 3.05) is 18.9 Å². The van der Waals surface area contributed by atoms with Gasteiger partial charge in [0.25, 0.3) is 5.91 Å². The van der Waals surface area contributed by atoms with E-state index in [1.165, 1.54) is 18.4 Å². The Morgan fingerprint density at radius 1 is 1.48 bits per heavy atom. The van der Waals surface area contributed by atoms with Crippen LogP contribution in [0.1, 0.15) is 23.4 Å². The van der Waals surface area contributed by atoms with Gasteiger partial charge in [-0.05, 0) is 25.0 Å². The van der Waals surface area contributed by atoms with Gasteiger partial charge in [0.1, 0.15) is 0 Å². The highest BCUT2D eigenvalue weighted by Crippen LogP contribution is 2.11. The van der Waals surface area contributed by atoms with Crippen molar-refractivity contribution in [1.82, 2.24) is 10.6 Å². The molecule has 0 radical (unpaired) electrons. The molecule has 2 aliphatic rings. The molecule has 1 unspecified atom stereocenters. The Morgan fingerprint density at radius 2 is 2.33 bits per heavy atom. The number of carbonyl (C=O) groups excluding carboxylic acids is 3. The zero-order valence-electron chi connectivity index (χ0n) is 14.2. The van der Waals surface area contributed by atoms with E-state index in [1.54, 1.807) is 0 Å². The summed E-state index contributed by atoms with van der Waals surface area (Å²) in [6.45, 7) is 1.16. The van der Waals surface area contributed by atoms with Crippen LogP contribution in [0.3, 0.4) is 0 Å². The minimum absolute atomic E-state index is 0.0247. The summed E-state index contributed by atoms with van der Waals surface area (Å²) in [5.74, 6) is -2.23. The maximum Gasteiger partial charge on any atom is 0.313 e. The van der Waals surface area contributed by atoms with Gasteiger partial charge in [0, 0.05) is 13.2 Å². The summed E-state index contributed by atoms with van der Waals surface area (Å²) in [5, 5.41) is 13.1. The Labute approximate surface area is 158 Å². The largest absolute Gasteiger partial charge is 0.459 e. The number of nitrogens with one attached hydrogen (secondary N) is 3. The molecule has 1 fully saturated rings. The van der Waals surface area contributed by atoms with Crippen molar-refractivity contribution in [3.05, 3.63) is 24.2 Å². The van der Waals surface area contributed by atoms with Gasteiger partial charge in [0.05, 0.1) is 18.1 Å². The first-order valence-corrected chi connectivity index (χ1v) is 9.18. The van der Waals surface area contributed by atoms with Gasteiger partial charge in [-0.15, -0.1) is 0 Å². The highest BCUT2D eigenvalue weighted by Gasteiger charge is 2.27. The fourth-order valence-corrected chi connectivity index (χ4v) is 3.08. The number of hydrogen-bond donors (Lipinski definition) is 3. The number of amides is 3. The molecule has 27 heavy (non-hydrogen) atoms. The molecule has 3 N–H and O–H groups in total. The molecule has 3 rings (SSSR count). The normalized spacial score (nSPS) is 21.1. The van der Waals surface area contributed by atoms with E-state index in [9.17, 15) is 14.4 Å². The van der Waals surface area contributed by atoms with Gasteiger partial charge in [0.15, 0.2) is 22.5 Å². The zero-order chi connectivity index (χ0) is 19.2. The monoisotopic (exact) mass is 391 g/mol. The lowest BCUT2D eigenvalue weighted by Crippen LogP contribution is -2.44. The van der Waals surface area contributed by atoms with E-state index < -0.39 is 23.4 Å². The molecule has 2 aliphatic heterocycles. The topological polar surface area (TPSA) is 146 Å². The number of ether oxygens (including phenoxy) is 1. The van der Waals surface area contributed by atoms with E-state index in [0.717, 1.165) is 24.6 Å². The zero-order valence-corrected chi connectivity index (χ0v) is 15.0. The average Bonchev–Trinajstić information content (AvgIpc) is 3.34. The average molecular weight is 391 g/mol. The Kier molecular flexibility index (Phi) is 6.14. The molecular weight excluding hydrogens is 374 g/mol. The summed E-state index contributed by atoms with van der Waals surface area (Å²) in [6.07, 6.45) is 3.26. The summed E-state index contributed by atoms with van der Waals surface area (Å²) >= 11 is 0.980. The predicted octanol–water partition coefficient (Wildman–Crippen LogP) is 0.352. The van der Waals surface area contributed by atoms with Crippen LogP contribution in [0, 0.1) is 5.41 Å². The third-order valence-electron chi connectivity index (χ3n) is 3.71. The fraction of sp³-hybridized carbons (Fsp3) is 0.375. The second-order valence-electron chi connectivity index (χ2n) is 5.69. The summed E-state index contributed by atoms with van der Waals surface area (Å²) in [4.78, 5) is 43.3. The molecule has 1 atom stereocenters. The lowest BCUT2D eigenvalue weighted by atomic mass is 10.2. The minimum Gasteiger partial charge on any atom is -0.459 e. The summed E-state index contributed by atoms with van der Waals surface area (Å²) in [5.41, 5.74) is -0.413. The van der Waals surface area contributed by atoms with Crippen molar-refractivity contribution in [3.8, 4) is 0 Å². The molecule has 0 bridgehead atoms. The molecule has 1 aromatic heterocycles. The standard InChI is InChI=1S/C16H17N5O5S/c17-13-12(19-14(23)10-4-2-6-26-10)15(24)21-16(20-13)27-8-11(22)18-7-9-3-1-5-25-9/h2,4,6,9H,1,3,5,7-8H2,(H,18,22)(H2,17,20,21,24). The molecular formula is C16H17N5O5S. The van der Waals surface area contributed by atoms with Gasteiger partial charge >= 0.3 is 5.91 Å². The molecule has 10 nitrogen and oxygen atoms in total. The lowest BCUT2D eigenvalue weighted by Gasteiger charge is -2.15. The molecule has 0 aliphatic carbocycles. The SMILES string of the molecule is N=C1N=C(SCC(=O)NCC2CCCO2)NC(=O)C1=NC(=O)c1ccco1. The van der Waals surface area contributed by atoms with E-state index in [2.05, 4.69) is 20.6 Å². The van der Waals surface area contributed by atoms with Gasteiger partial charge < -0.3 is 14.5 Å². The Bertz CT molecular complexity index is 811. The minimum atomic E-state index is -0.783. The third-order valence-corrected chi connectivity index (χ3v) is 4.58. The maximum absolute atomic E-state index is 12.1. The second kappa shape index (κ2) is 8.73. The first-order valence-electron chi connectivity index (χ1n) is 8.19. The Balaban J connectivity index is 1.52. The number of nitrogens with zero attached hydrogens (tertiary/aromatic N) is 2. The van der Waals surface area contributed by atoms with Crippen LogP contribution >= 0.6 is 11.8 Å². The van der Waals surface area contributed by atoms with E-state index in [1.807, 2.05) is 0 Å². The second-order valence-corrected chi connectivity index (χ2v) is 6.65. The Morgan fingerprint density at radius 3 is 3.00 bits per heavy atom. The predicted molar refractivity (Wildman–Crippen MR) is 98.2 cm³/mol. The number of rotatable bonds is 5. The first kappa shape index (κ1) is 19.0. The van der Waals surface area contributed by atoms with E-state index in [4.69, 9.17) is 14.6 Å². The van der Waals surface area contributed by atoms with E-state index in [0.29, 0.717) is 13.2 Å². The van der Waals surface area contributed by atoms with Crippen LogP contribution in [0.2, 0.25) is 0 Å². The quantitative estimate of drug-likeness (QED) is 0.660. The lowest BCUT2D eigenvalue weighted by molar-refractivity contribution is -0.119. The van der Waals surface area contributed by atoms with E-state index >= 15 is 0 Å². The van der Waals surface area contributed by atoms with Crippen molar-refractivity contribution < 1.29 is 23.5 Å². The van der Waals surface area contributed by atoms with Gasteiger partial charge in [0.2, 0.25) is 5.91 Å². The summed E-state index contributed by atoms with van der Waals surface area (Å²) < 4.78 is 10.3. The Hall–Kier alpha value is -2.79. The fourth-order valence-electron chi connectivity index (χ4n) is 2.39. The van der Waals surface area contributed by atoms with Gasteiger partial charge in [-0.3, -0.25) is 25.1 Å². The molecule has 0 saturated carbocycles. The van der Waals surface area contributed by atoms with E-state index in [-0.39, 0.29) is 28.7 Å². The molecule has 1 aromatic rings. The number of furan rings is 1. The van der Waals surface area contributed by atoms with Crippen LogP contribution in [0.25, 0.3) is 0 Å². The third kappa shape index (κ3) is 5.11. The van der Waals surface area contributed by atoms with Crippen molar-refractivity contribution in [3.63, 3.8) is 0 Å². The van der Waals surface area contributed by atoms with Crippen LogP contribution in [-0.4, -0.2) is 59.4 Å². The van der Waals surface area contributed by atoms with Crippen molar-refractivity contribution in [2.24, 2.45) is 9.98 Å². The number of thioether (sulfide) groups is 1. The highest BCUT2D eigenvalue weighted by atomic mass is 32.2. The molecule has 1 saturated heterocycles. The van der Waals surface area contributed by atoms with Crippen molar-refractivity contribution in [1.29, 1.82) is 5.41 Å². The molecule has 3 amide bonds. The van der Waals surface area contributed by atoms with Gasteiger partial charge in [-0.2, -0.15) is 4.99 Å². The smallest absolute Gasteiger partial charge is 0.313 e. The van der Waals surface area contributed by atoms with Gasteiger partial charge in [-0.25, -0.2) is 4.99 Å². The molecule has 0 spiro atoms. The van der Waals surface area contributed by atoms with Gasteiger partial charge in [-0.1, -0.05) is 11.8 Å². The molecule has 0 aromatic carbocycles. The van der Waals surface area contributed by atoms with Crippen LogP contribution in [0.5, 0.6) is 0 Å². The number of carbonyl (C=O) groups is 3. The molecule has 11 heteroatoms. The number of amidine groups is 2. The summed E-state index contributed by atoms with van der Waals surface area (Å²) in [6, 6.07) is 2.91. The molecule has 3 heterocycles. The molecule has 142 valence electrons. The maximum atomic E-state index is 12.1. The van der Waals surface area contributed by atoms with Crippen molar-refractivity contribution >= 4 is 46.2 Å². The van der Waals surface area contributed by atoms with Crippen LogP contribution in [0.15, 0.2) is 32.8 Å². The number of aliphatic imine (C=N–C) groups is 2. The van der Waals surface area contributed by atoms with Crippen LogP contribution in [-0.2, 0) is 14.3 Å². The first-order chi connectivity index (χ1) is 13.0. The highest BCUT2D eigenvalue weighted by molar-refractivity contribution is 8.14. The number of hydrogen-bond acceptors (Lipinski definition) is 7.